The van der Waals surface area contributed by atoms with Crippen molar-refractivity contribution in [2.75, 3.05) is 20.5 Å². The second-order valence-electron chi connectivity index (χ2n) is 5.26. The molecule has 0 saturated heterocycles. The molecule has 0 fully saturated rings. The summed E-state index contributed by atoms with van der Waals surface area (Å²) in [7, 11) is 3.27. The first-order valence-corrected chi connectivity index (χ1v) is 8.68. The fraction of sp³-hybridized carbons (Fsp3) is 0.222. The molecule has 2 aromatic carbocycles. The molecule has 0 unspecified atom stereocenters. The normalized spacial score (nSPS) is 10.7. The summed E-state index contributed by atoms with van der Waals surface area (Å²) in [5, 5.41) is 8.32. The molecule has 3 rings (SSSR count). The van der Waals surface area contributed by atoms with Gasteiger partial charge in [-0.25, -0.2) is 4.68 Å². The molecule has 0 radical (unpaired) electrons. The van der Waals surface area contributed by atoms with Gasteiger partial charge in [0.25, 0.3) is 0 Å². The third-order valence-electron chi connectivity index (χ3n) is 3.83. The second kappa shape index (κ2) is 6.97. The topological polar surface area (TPSA) is 49.2 Å². The number of benzene rings is 2. The largest absolute Gasteiger partial charge is 0.493 e. The number of nitrogens with zero attached hydrogens (tertiary/aromatic N) is 3. The number of ether oxygens (including phenoxy) is 2. The van der Waals surface area contributed by atoms with E-state index in [1.165, 1.54) is 4.90 Å². The third kappa shape index (κ3) is 2.97. The summed E-state index contributed by atoms with van der Waals surface area (Å²) >= 11 is 1.72. The predicted octanol–water partition coefficient (Wildman–Crippen LogP) is 3.98. The van der Waals surface area contributed by atoms with Crippen LogP contribution in [0.3, 0.4) is 0 Å². The maximum absolute atomic E-state index is 5.44. The molecule has 0 N–H and O–H groups in total. The van der Waals surface area contributed by atoms with Crippen LogP contribution in [0.15, 0.2) is 47.5 Å². The standard InChI is InChI=1S/C18H19N3O2S/c1-12-9-14(10-17(22-2)18(12)23-3)21-16(11-19-20-21)13-5-7-15(24-4)8-6-13/h5-11H,1-4H3. The first-order valence-electron chi connectivity index (χ1n) is 7.46. The van der Waals surface area contributed by atoms with Crippen LogP contribution in [0.4, 0.5) is 0 Å². The molecule has 6 heteroatoms. The van der Waals surface area contributed by atoms with E-state index in [-0.39, 0.29) is 0 Å². The molecular formula is C18H19N3O2S. The number of hydrogen-bond donors (Lipinski definition) is 0. The van der Waals surface area contributed by atoms with Gasteiger partial charge >= 0.3 is 0 Å². The lowest BCUT2D eigenvalue weighted by Crippen LogP contribution is -2.02. The van der Waals surface area contributed by atoms with Crippen LogP contribution >= 0.6 is 11.8 Å². The van der Waals surface area contributed by atoms with Crippen molar-refractivity contribution in [3.8, 4) is 28.4 Å². The second-order valence-corrected chi connectivity index (χ2v) is 6.14. The highest BCUT2D eigenvalue weighted by Gasteiger charge is 2.14. The lowest BCUT2D eigenvalue weighted by Gasteiger charge is -2.14. The van der Waals surface area contributed by atoms with E-state index in [1.54, 1.807) is 32.2 Å². The summed E-state index contributed by atoms with van der Waals surface area (Å²) in [5.41, 5.74) is 3.84. The number of aromatic nitrogens is 3. The molecule has 0 spiro atoms. The Labute approximate surface area is 145 Å². The number of methoxy groups -OCH3 is 2. The zero-order valence-electron chi connectivity index (χ0n) is 14.1. The Morgan fingerprint density at radius 3 is 2.42 bits per heavy atom. The Morgan fingerprint density at radius 2 is 1.79 bits per heavy atom. The first-order chi connectivity index (χ1) is 11.7. The number of thioether (sulfide) groups is 1. The molecule has 5 nitrogen and oxygen atoms in total. The van der Waals surface area contributed by atoms with Crippen LogP contribution in [-0.4, -0.2) is 35.5 Å². The zero-order chi connectivity index (χ0) is 17.1. The molecule has 0 bridgehead atoms. The molecule has 0 aliphatic heterocycles. The van der Waals surface area contributed by atoms with E-state index in [0.717, 1.165) is 28.3 Å². The quantitative estimate of drug-likeness (QED) is 0.657. The van der Waals surface area contributed by atoms with Crippen molar-refractivity contribution >= 4 is 11.8 Å². The molecule has 1 heterocycles. The fourth-order valence-electron chi connectivity index (χ4n) is 2.64. The van der Waals surface area contributed by atoms with E-state index in [9.17, 15) is 0 Å². The minimum absolute atomic E-state index is 0.673. The summed E-state index contributed by atoms with van der Waals surface area (Å²) in [6.07, 6.45) is 3.83. The Morgan fingerprint density at radius 1 is 1.04 bits per heavy atom. The van der Waals surface area contributed by atoms with E-state index in [2.05, 4.69) is 40.8 Å². The maximum atomic E-state index is 5.44. The van der Waals surface area contributed by atoms with Crippen molar-refractivity contribution in [1.29, 1.82) is 0 Å². The van der Waals surface area contributed by atoms with Gasteiger partial charge in [0, 0.05) is 16.5 Å². The molecule has 0 aliphatic rings. The van der Waals surface area contributed by atoms with Gasteiger partial charge in [-0.1, -0.05) is 17.3 Å². The van der Waals surface area contributed by atoms with Gasteiger partial charge in [0.1, 0.15) is 0 Å². The lowest BCUT2D eigenvalue weighted by molar-refractivity contribution is 0.352. The van der Waals surface area contributed by atoms with Crippen LogP contribution in [0, 0.1) is 6.92 Å². The van der Waals surface area contributed by atoms with Crippen molar-refractivity contribution in [2.24, 2.45) is 0 Å². The number of rotatable bonds is 5. The van der Waals surface area contributed by atoms with Crippen molar-refractivity contribution in [3.63, 3.8) is 0 Å². The Bertz CT molecular complexity index is 844. The third-order valence-corrected chi connectivity index (χ3v) is 4.57. The van der Waals surface area contributed by atoms with Gasteiger partial charge in [0.15, 0.2) is 11.5 Å². The Balaban J connectivity index is 2.08. The highest BCUT2D eigenvalue weighted by atomic mass is 32.2. The molecule has 0 saturated carbocycles. The average Bonchev–Trinajstić information content (AvgIpc) is 3.10. The van der Waals surface area contributed by atoms with Crippen molar-refractivity contribution in [2.45, 2.75) is 11.8 Å². The maximum Gasteiger partial charge on any atom is 0.163 e. The highest BCUT2D eigenvalue weighted by Crippen LogP contribution is 2.34. The zero-order valence-corrected chi connectivity index (χ0v) is 14.9. The fourth-order valence-corrected chi connectivity index (χ4v) is 3.05. The molecule has 3 aromatic rings. The van der Waals surface area contributed by atoms with Crippen LogP contribution in [0.2, 0.25) is 0 Å². The van der Waals surface area contributed by atoms with E-state index in [1.807, 2.05) is 23.7 Å². The van der Waals surface area contributed by atoms with Gasteiger partial charge in [0.2, 0.25) is 0 Å². The van der Waals surface area contributed by atoms with Crippen LogP contribution in [0.1, 0.15) is 5.56 Å². The average molecular weight is 341 g/mol. The SMILES string of the molecule is COc1cc(-n2nncc2-c2ccc(SC)cc2)cc(C)c1OC. The van der Waals surface area contributed by atoms with Crippen LogP contribution in [0.25, 0.3) is 16.9 Å². The van der Waals surface area contributed by atoms with Gasteiger partial charge in [-0.15, -0.1) is 16.9 Å². The van der Waals surface area contributed by atoms with Crippen LogP contribution in [-0.2, 0) is 0 Å². The molecule has 1 aromatic heterocycles. The van der Waals surface area contributed by atoms with Gasteiger partial charge in [-0.3, -0.25) is 0 Å². The smallest absolute Gasteiger partial charge is 0.163 e. The van der Waals surface area contributed by atoms with Crippen LogP contribution < -0.4 is 9.47 Å². The van der Waals surface area contributed by atoms with E-state index < -0.39 is 0 Å². The monoisotopic (exact) mass is 341 g/mol. The minimum Gasteiger partial charge on any atom is -0.493 e. The summed E-state index contributed by atoms with van der Waals surface area (Å²) in [6, 6.07) is 12.3. The van der Waals surface area contributed by atoms with Gasteiger partial charge < -0.3 is 9.47 Å². The molecule has 0 atom stereocenters. The van der Waals surface area contributed by atoms with E-state index in [4.69, 9.17) is 9.47 Å². The summed E-state index contributed by atoms with van der Waals surface area (Å²) < 4.78 is 12.7. The minimum atomic E-state index is 0.673. The number of hydrogen-bond acceptors (Lipinski definition) is 5. The van der Waals surface area contributed by atoms with E-state index >= 15 is 0 Å². The van der Waals surface area contributed by atoms with Crippen LogP contribution in [0.5, 0.6) is 11.5 Å². The van der Waals surface area contributed by atoms with E-state index in [0.29, 0.717) is 5.75 Å². The van der Waals surface area contributed by atoms with Gasteiger partial charge in [-0.2, -0.15) is 0 Å². The predicted molar refractivity (Wildman–Crippen MR) is 96.4 cm³/mol. The van der Waals surface area contributed by atoms with Gasteiger partial charge in [-0.05, 0) is 36.9 Å². The summed E-state index contributed by atoms with van der Waals surface area (Å²) in [6.45, 7) is 1.98. The van der Waals surface area contributed by atoms with Crippen molar-refractivity contribution in [3.05, 3.63) is 48.2 Å². The Hall–Kier alpha value is -2.47. The van der Waals surface area contributed by atoms with Crippen molar-refractivity contribution < 1.29 is 9.47 Å². The molecular weight excluding hydrogens is 322 g/mol. The summed E-state index contributed by atoms with van der Waals surface area (Å²) in [5.74, 6) is 1.40. The van der Waals surface area contributed by atoms with Crippen molar-refractivity contribution in [1.82, 2.24) is 15.0 Å². The molecule has 0 aliphatic carbocycles. The number of aryl methyl sites for hydroxylation is 1. The molecule has 0 amide bonds. The first kappa shape index (κ1) is 16.4. The summed E-state index contributed by atoms with van der Waals surface area (Å²) in [4.78, 5) is 1.22. The molecule has 124 valence electrons. The Kier molecular flexibility index (Phi) is 4.76. The lowest BCUT2D eigenvalue weighted by atomic mass is 10.1. The van der Waals surface area contributed by atoms with Gasteiger partial charge in [0.05, 0.1) is 31.8 Å². The molecule has 24 heavy (non-hydrogen) atoms. The highest BCUT2D eigenvalue weighted by molar-refractivity contribution is 7.98.